The summed E-state index contributed by atoms with van der Waals surface area (Å²) in [6.45, 7) is -2.56. The van der Waals surface area contributed by atoms with Crippen molar-refractivity contribution in [2.75, 3.05) is 19.4 Å². The first-order valence-electron chi connectivity index (χ1n) is 23.1. The van der Waals surface area contributed by atoms with E-state index < -0.39 is 210 Å². The normalized spacial score (nSPS) is 16.4. The number of ether oxygens (including phenoxy) is 9. The van der Waals surface area contributed by atoms with Gasteiger partial charge in [0.05, 0.1) is 0 Å². The number of hydrogen-bond acceptors (Lipinski definition) is 31. The van der Waals surface area contributed by atoms with E-state index in [0.29, 0.717) is 26.0 Å². The van der Waals surface area contributed by atoms with Gasteiger partial charge in [0.1, 0.15) is 31.0 Å². The molecule has 0 saturated heterocycles. The lowest BCUT2D eigenvalue weighted by Crippen LogP contribution is -2.82. The topological polar surface area (TPSA) is 458 Å². The molecule has 0 aliphatic rings. The highest BCUT2D eigenvalue weighted by Crippen LogP contribution is 2.50. The molecule has 49 heteroatoms. The second-order valence-electron chi connectivity index (χ2n) is 17.9. The molecule has 0 aliphatic carbocycles. The smallest absolute Gasteiger partial charge is 0.457 e. The lowest BCUT2D eigenvalue weighted by atomic mass is 9.96. The first kappa shape index (κ1) is 80.7. The van der Waals surface area contributed by atoms with Gasteiger partial charge in [0, 0.05) is 18.8 Å². The van der Waals surface area contributed by atoms with Gasteiger partial charge < -0.3 is 58.9 Å². The van der Waals surface area contributed by atoms with Crippen molar-refractivity contribution in [3.63, 3.8) is 0 Å². The Bertz CT molecular complexity index is 2910. The third-order valence-corrected chi connectivity index (χ3v) is 11.0. The molecule has 0 aliphatic heterocycles. The SMILES string of the molecule is CSC(OC(=O)C(N)COC(=O)C(F)(F)F)(OC(=O)C(N)Cc1ccccc1OC(=O)C(F)(F)F)C(OC(=O)CNOC(=O)C(F)(F)F)(OC(=O)C(N)(OC(=O)C(F)(F)F)C(C)C)C(N)(OC(=O)C(N)(CC(C)C)OC(=O)C(F)(F)F)C(=O)OOC(=O)C(F)(F)F. The number of esters is 9. The number of halogens is 18. The number of benzene rings is 1. The van der Waals surface area contributed by atoms with Crippen LogP contribution in [0.2, 0.25) is 0 Å². The molecule has 0 spiro atoms. The maximum atomic E-state index is 14.8. The predicted octanol–water partition coefficient (Wildman–Crippen LogP) is 0.938. The van der Waals surface area contributed by atoms with Crippen molar-refractivity contribution in [2.45, 2.75) is 118 Å². The highest BCUT2D eigenvalue weighted by Gasteiger charge is 2.83. The number of hydrogen-bond donors (Lipinski definition) is 6. The van der Waals surface area contributed by atoms with Crippen LogP contribution in [0.3, 0.4) is 0 Å². The van der Waals surface area contributed by atoms with Gasteiger partial charge in [0.25, 0.3) is 11.4 Å². The largest absolute Gasteiger partial charge is 0.495 e. The van der Waals surface area contributed by atoms with E-state index in [0.717, 1.165) is 31.5 Å². The fourth-order valence-corrected chi connectivity index (χ4v) is 6.60. The Morgan fingerprint density at radius 1 is 0.505 bits per heavy atom. The molecule has 11 N–H and O–H groups in total. The van der Waals surface area contributed by atoms with Crippen LogP contribution < -0.4 is 38.9 Å². The van der Waals surface area contributed by atoms with Crippen LogP contribution in [0.25, 0.3) is 0 Å². The number of carbonyl (C=O) groups is 12. The maximum Gasteiger partial charge on any atom is 0.495 e. The quantitative estimate of drug-likeness (QED) is 0.0143. The van der Waals surface area contributed by atoms with Crippen molar-refractivity contribution < 1.29 is 194 Å². The molecular weight excluding hydrogens is 1350 g/mol. The zero-order valence-electron chi connectivity index (χ0n) is 45.3. The van der Waals surface area contributed by atoms with Gasteiger partial charge in [-0.05, 0) is 23.8 Å². The van der Waals surface area contributed by atoms with Crippen molar-refractivity contribution in [3.8, 4) is 5.75 Å². The van der Waals surface area contributed by atoms with E-state index in [4.69, 9.17) is 47.6 Å². The fraction of sp³-hybridized carbons (Fsp3) is 0.571. The van der Waals surface area contributed by atoms with E-state index in [1.54, 1.807) is 0 Å². The maximum absolute atomic E-state index is 14.8. The van der Waals surface area contributed by atoms with Crippen LogP contribution >= 0.6 is 11.8 Å². The molecule has 0 heterocycles. The average Bonchev–Trinajstić information content (AvgIpc) is 0.706. The standard InChI is InChI=1S/C42H42F18N6O24S/c1-14(2)11-32(63,84-28(75)37(49,50)51)23(70)86-34(65,25(72)89-90-31(78)40(58,59)60)41(81-20(67)12-66-88-30(77)39(55,56)57,87-24(71)33(64,15(3)4)85-29(76)38(52,53)54)42(91-5,83-22(69)18(62)13-79-26(73)35(43,44)45)82-21(68)17(61)10-16-8-6-7-9-19(16)80-27(74)36(46,47)48/h6-9,14-15,17-18,66H,10-13,61-65H2,1-5H3. The molecule has 0 saturated carbocycles. The minimum Gasteiger partial charge on any atom is -0.457 e. The molecule has 0 amide bonds. The Balaban J connectivity index is 5.40. The van der Waals surface area contributed by atoms with E-state index >= 15 is 0 Å². The summed E-state index contributed by atoms with van der Waals surface area (Å²) in [7, 11) is 0. The van der Waals surface area contributed by atoms with E-state index in [1.165, 1.54) is 0 Å². The minimum absolute atomic E-state index is 0.0170. The molecule has 0 fully saturated rings. The van der Waals surface area contributed by atoms with Gasteiger partial charge >= 0.3 is 125 Å². The van der Waals surface area contributed by atoms with E-state index in [2.05, 4.69) is 38.3 Å². The Kier molecular flexibility index (Phi) is 26.4. The summed E-state index contributed by atoms with van der Waals surface area (Å²) in [5, 5.41) is -5.47. The number of carbonyl (C=O) groups excluding carboxylic acids is 12. The molecule has 7 atom stereocenters. The van der Waals surface area contributed by atoms with E-state index in [-0.39, 0.29) is 6.26 Å². The van der Waals surface area contributed by atoms with Crippen LogP contribution in [0.5, 0.6) is 5.75 Å². The van der Waals surface area contributed by atoms with Crippen LogP contribution in [0.1, 0.15) is 39.7 Å². The van der Waals surface area contributed by atoms with Crippen LogP contribution in [-0.4, -0.2) is 168 Å². The van der Waals surface area contributed by atoms with Crippen LogP contribution in [0.15, 0.2) is 24.3 Å². The summed E-state index contributed by atoms with van der Waals surface area (Å²) >= 11 is -1.20. The number of thioether (sulfide) groups is 1. The summed E-state index contributed by atoms with van der Waals surface area (Å²) < 4.78 is 284. The molecule has 7 unspecified atom stereocenters. The van der Waals surface area contributed by atoms with Crippen LogP contribution in [0.4, 0.5) is 79.0 Å². The summed E-state index contributed by atoms with van der Waals surface area (Å²) in [5.74, 6) is -52.1. The molecule has 0 bridgehead atoms. The molecule has 30 nitrogen and oxygen atoms in total. The summed E-state index contributed by atoms with van der Waals surface area (Å²) in [6, 6.07) is -3.63. The second-order valence-corrected chi connectivity index (χ2v) is 18.8. The highest BCUT2D eigenvalue weighted by molar-refractivity contribution is 7.99. The number of hydroxylamine groups is 1. The molecule has 1 rings (SSSR count). The fourth-order valence-electron chi connectivity index (χ4n) is 5.77. The molecule has 1 aromatic rings. The zero-order valence-corrected chi connectivity index (χ0v) is 46.2. The predicted molar refractivity (Wildman–Crippen MR) is 242 cm³/mol. The highest BCUT2D eigenvalue weighted by atomic mass is 32.2. The first-order chi connectivity index (χ1) is 40.8. The van der Waals surface area contributed by atoms with Crippen LogP contribution in [0, 0.1) is 11.8 Å². The van der Waals surface area contributed by atoms with Crippen molar-refractivity contribution in [2.24, 2.45) is 40.5 Å². The summed E-state index contributed by atoms with van der Waals surface area (Å²) in [5.41, 5.74) is 13.6. The van der Waals surface area contributed by atoms with Gasteiger partial charge in [-0.2, -0.15) is 79.0 Å². The van der Waals surface area contributed by atoms with Gasteiger partial charge in [0.15, 0.2) is 0 Å². The Hall–Kier alpha value is -8.29. The molecule has 516 valence electrons. The molecule has 1 aromatic carbocycles. The van der Waals surface area contributed by atoms with Gasteiger partial charge in [-0.15, -0.1) is 5.48 Å². The van der Waals surface area contributed by atoms with Gasteiger partial charge in [-0.1, -0.05) is 57.7 Å². The van der Waals surface area contributed by atoms with Crippen LogP contribution in [-0.2, 0) is 116 Å². The van der Waals surface area contributed by atoms with E-state index in [9.17, 15) is 137 Å². The molecular formula is C42H42F18N6O24S. The lowest BCUT2D eigenvalue weighted by molar-refractivity contribution is -0.385. The third-order valence-electron chi connectivity index (χ3n) is 10.0. The molecule has 0 aromatic heterocycles. The third kappa shape index (κ3) is 21.4. The van der Waals surface area contributed by atoms with Gasteiger partial charge in [-0.25, -0.2) is 52.9 Å². The van der Waals surface area contributed by atoms with Crippen molar-refractivity contribution in [1.29, 1.82) is 0 Å². The number of nitrogens with two attached hydrogens (primary N) is 5. The molecule has 91 heavy (non-hydrogen) atoms. The number of rotatable bonds is 26. The molecule has 0 radical (unpaired) electrons. The van der Waals surface area contributed by atoms with Gasteiger partial charge in [-0.3, -0.25) is 31.6 Å². The number of nitrogens with one attached hydrogen (secondary N) is 1. The number of alkyl halides is 18. The van der Waals surface area contributed by atoms with Crippen molar-refractivity contribution >= 4 is 83.4 Å². The minimum atomic E-state index is -6.52. The first-order valence-corrected chi connectivity index (χ1v) is 24.4. The van der Waals surface area contributed by atoms with Gasteiger partial charge in [0.2, 0.25) is 0 Å². The average molecular weight is 1390 g/mol. The second kappa shape index (κ2) is 29.8. The summed E-state index contributed by atoms with van der Waals surface area (Å²) in [6.07, 6.45) is -40.7. The lowest BCUT2D eigenvalue weighted by Gasteiger charge is -2.50. The van der Waals surface area contributed by atoms with Crippen molar-refractivity contribution in [3.05, 3.63) is 29.8 Å². The zero-order chi connectivity index (χ0) is 71.4. The van der Waals surface area contributed by atoms with E-state index in [1.807, 2.05) is 0 Å². The Labute approximate surface area is 495 Å². The number of para-hydroxylation sites is 1. The summed E-state index contributed by atoms with van der Waals surface area (Å²) in [4.78, 5) is 169. The monoisotopic (exact) mass is 1390 g/mol. The Morgan fingerprint density at radius 2 is 0.956 bits per heavy atom. The Morgan fingerprint density at radius 3 is 1.41 bits per heavy atom. The van der Waals surface area contributed by atoms with Crippen molar-refractivity contribution in [1.82, 2.24) is 5.48 Å².